The molecule has 0 bridgehead atoms. The molecular formula is C26H30N8O3. The Bertz CT molecular complexity index is 1410. The highest BCUT2D eigenvalue weighted by Gasteiger charge is 2.23. The van der Waals surface area contributed by atoms with Gasteiger partial charge in [0.05, 0.1) is 43.9 Å². The first-order valence-electron chi connectivity index (χ1n) is 12.1. The average molecular weight is 503 g/mol. The Morgan fingerprint density at radius 3 is 2.57 bits per heavy atom. The number of rotatable bonds is 7. The monoisotopic (exact) mass is 502 g/mol. The lowest BCUT2D eigenvalue weighted by Gasteiger charge is -2.32. The number of anilines is 3. The van der Waals surface area contributed by atoms with E-state index in [1.807, 2.05) is 23.7 Å². The maximum absolute atomic E-state index is 12.8. The highest BCUT2D eigenvalue weighted by molar-refractivity contribution is 5.98. The number of hydrogen-bond acceptors (Lipinski definition) is 10. The lowest BCUT2D eigenvalue weighted by atomic mass is 10.1. The standard InChI is InChI=1S/C26H30N8O3/c1-16(34-9-11-37-12-10-34)17-5-7-18(8-6-17)30-25-23(26(35)36-4)31-22(24(27-2)32-25)19-13-28-14-20-21(19)29-15-33(20)3/h5-8,13-16H,9-12H2,1-4H3,(H2,27,30,32)/t16-/m1/s1. The first-order chi connectivity index (χ1) is 18.0. The normalized spacial score (nSPS) is 14.9. The molecule has 5 rings (SSSR count). The van der Waals surface area contributed by atoms with Gasteiger partial charge in [-0.25, -0.2) is 19.7 Å². The summed E-state index contributed by atoms with van der Waals surface area (Å²) in [7, 11) is 4.97. The molecular weight excluding hydrogens is 472 g/mol. The number of nitrogens with one attached hydrogen (secondary N) is 2. The highest BCUT2D eigenvalue weighted by atomic mass is 16.5. The number of aryl methyl sites for hydroxylation is 1. The van der Waals surface area contributed by atoms with E-state index in [9.17, 15) is 4.79 Å². The van der Waals surface area contributed by atoms with Gasteiger partial charge in [-0.3, -0.25) is 9.88 Å². The summed E-state index contributed by atoms with van der Waals surface area (Å²) in [4.78, 5) is 33.4. The van der Waals surface area contributed by atoms with Crippen molar-refractivity contribution >= 4 is 34.3 Å². The molecule has 4 heterocycles. The molecule has 0 radical (unpaired) electrons. The maximum Gasteiger partial charge on any atom is 0.360 e. The number of hydrogen-bond donors (Lipinski definition) is 2. The van der Waals surface area contributed by atoms with Crippen LogP contribution >= 0.6 is 0 Å². The van der Waals surface area contributed by atoms with Crippen molar-refractivity contribution in [1.29, 1.82) is 0 Å². The summed E-state index contributed by atoms with van der Waals surface area (Å²) in [6, 6.07) is 8.38. The number of ether oxygens (including phenoxy) is 2. The number of fused-ring (bicyclic) bond motifs is 1. The zero-order valence-corrected chi connectivity index (χ0v) is 21.4. The molecule has 0 spiro atoms. The molecule has 2 N–H and O–H groups in total. The predicted octanol–water partition coefficient (Wildman–Crippen LogP) is 3.39. The molecule has 1 atom stereocenters. The third-order valence-corrected chi connectivity index (χ3v) is 6.65. The lowest BCUT2D eigenvalue weighted by molar-refractivity contribution is 0.0198. The van der Waals surface area contributed by atoms with E-state index in [0.717, 1.165) is 37.5 Å². The Balaban J connectivity index is 1.49. The molecule has 11 heteroatoms. The second-order valence-corrected chi connectivity index (χ2v) is 8.84. The van der Waals surface area contributed by atoms with Gasteiger partial charge >= 0.3 is 5.97 Å². The molecule has 0 aliphatic carbocycles. The van der Waals surface area contributed by atoms with Crippen molar-refractivity contribution in [2.24, 2.45) is 7.05 Å². The van der Waals surface area contributed by atoms with Gasteiger partial charge in [0.15, 0.2) is 17.3 Å². The molecule has 0 amide bonds. The number of morpholine rings is 1. The molecule has 37 heavy (non-hydrogen) atoms. The molecule has 1 aromatic carbocycles. The number of methoxy groups -OCH3 is 1. The van der Waals surface area contributed by atoms with Crippen LogP contribution in [0.3, 0.4) is 0 Å². The molecule has 3 aromatic heterocycles. The minimum absolute atomic E-state index is 0.0650. The summed E-state index contributed by atoms with van der Waals surface area (Å²) >= 11 is 0. The van der Waals surface area contributed by atoms with Crippen LogP contribution in [0.2, 0.25) is 0 Å². The predicted molar refractivity (Wildman–Crippen MR) is 141 cm³/mol. The topological polar surface area (TPSA) is 119 Å². The number of esters is 1. The van der Waals surface area contributed by atoms with Crippen LogP contribution in [-0.2, 0) is 16.5 Å². The van der Waals surface area contributed by atoms with Crippen LogP contribution in [0.5, 0.6) is 0 Å². The van der Waals surface area contributed by atoms with Crippen molar-refractivity contribution in [3.8, 4) is 11.3 Å². The van der Waals surface area contributed by atoms with Crippen LogP contribution in [0, 0.1) is 0 Å². The molecule has 1 aliphatic rings. The first-order valence-corrected chi connectivity index (χ1v) is 12.1. The molecule has 192 valence electrons. The number of pyridine rings is 1. The maximum atomic E-state index is 12.8. The number of imidazole rings is 1. The molecule has 0 saturated carbocycles. The minimum Gasteiger partial charge on any atom is -0.464 e. The summed E-state index contributed by atoms with van der Waals surface area (Å²) in [6.45, 7) is 5.55. The van der Waals surface area contributed by atoms with Crippen molar-refractivity contribution in [3.05, 3.63) is 54.2 Å². The molecule has 4 aromatic rings. The van der Waals surface area contributed by atoms with E-state index < -0.39 is 5.97 Å². The van der Waals surface area contributed by atoms with Gasteiger partial charge in [-0.1, -0.05) is 12.1 Å². The zero-order valence-electron chi connectivity index (χ0n) is 21.4. The van der Waals surface area contributed by atoms with E-state index in [0.29, 0.717) is 22.6 Å². The van der Waals surface area contributed by atoms with Crippen LogP contribution in [0.15, 0.2) is 43.0 Å². The smallest absolute Gasteiger partial charge is 0.360 e. The highest BCUT2D eigenvalue weighted by Crippen LogP contribution is 2.33. The van der Waals surface area contributed by atoms with E-state index in [4.69, 9.17) is 14.5 Å². The number of aromatic nitrogens is 5. The number of carbonyl (C=O) groups excluding carboxylic acids is 1. The quantitative estimate of drug-likeness (QED) is 0.364. The van der Waals surface area contributed by atoms with E-state index in [-0.39, 0.29) is 17.6 Å². The van der Waals surface area contributed by atoms with Gasteiger partial charge < -0.3 is 24.7 Å². The van der Waals surface area contributed by atoms with Gasteiger partial charge in [-0.15, -0.1) is 0 Å². The van der Waals surface area contributed by atoms with Crippen molar-refractivity contribution < 1.29 is 14.3 Å². The van der Waals surface area contributed by atoms with Crippen LogP contribution < -0.4 is 10.6 Å². The Labute approximate surface area is 214 Å². The third-order valence-electron chi connectivity index (χ3n) is 6.65. The number of carbonyl (C=O) groups is 1. The van der Waals surface area contributed by atoms with Gasteiger partial charge in [-0.2, -0.15) is 0 Å². The first kappa shape index (κ1) is 24.6. The van der Waals surface area contributed by atoms with E-state index >= 15 is 0 Å². The van der Waals surface area contributed by atoms with Crippen molar-refractivity contribution in [1.82, 2.24) is 29.4 Å². The molecule has 1 aliphatic heterocycles. The Morgan fingerprint density at radius 1 is 1.11 bits per heavy atom. The SMILES string of the molecule is CNc1nc(Nc2ccc([C@@H](C)N3CCOCC3)cc2)c(C(=O)OC)nc1-c1cncc2c1ncn2C. The van der Waals surface area contributed by atoms with E-state index in [1.54, 1.807) is 25.8 Å². The third kappa shape index (κ3) is 4.83. The van der Waals surface area contributed by atoms with Gasteiger partial charge in [-0.05, 0) is 24.6 Å². The second-order valence-electron chi connectivity index (χ2n) is 8.84. The Kier molecular flexibility index (Phi) is 6.97. The zero-order chi connectivity index (χ0) is 25.9. The second kappa shape index (κ2) is 10.5. The fourth-order valence-electron chi connectivity index (χ4n) is 4.50. The van der Waals surface area contributed by atoms with Crippen LogP contribution in [-0.4, -0.2) is 75.8 Å². The number of benzene rings is 1. The van der Waals surface area contributed by atoms with Crippen LogP contribution in [0.1, 0.15) is 29.0 Å². The number of nitrogens with zero attached hydrogens (tertiary/aromatic N) is 6. The summed E-state index contributed by atoms with van der Waals surface area (Å²) in [5.74, 6) is 0.167. The van der Waals surface area contributed by atoms with Gasteiger partial charge in [0, 0.05) is 45.1 Å². The Hall–Kier alpha value is -4.09. The largest absolute Gasteiger partial charge is 0.464 e. The Morgan fingerprint density at radius 2 is 1.86 bits per heavy atom. The molecule has 1 saturated heterocycles. The average Bonchev–Trinajstić information content (AvgIpc) is 3.33. The van der Waals surface area contributed by atoms with Crippen molar-refractivity contribution in [3.63, 3.8) is 0 Å². The van der Waals surface area contributed by atoms with E-state index in [1.165, 1.54) is 12.7 Å². The fraction of sp³-hybridized carbons (Fsp3) is 0.346. The minimum atomic E-state index is -0.599. The van der Waals surface area contributed by atoms with Gasteiger partial charge in [0.25, 0.3) is 0 Å². The van der Waals surface area contributed by atoms with Gasteiger partial charge in [0.1, 0.15) is 11.2 Å². The summed E-state index contributed by atoms with van der Waals surface area (Å²) in [5, 5.41) is 6.34. The molecule has 1 fully saturated rings. The van der Waals surface area contributed by atoms with Crippen molar-refractivity contribution in [2.75, 3.05) is 51.1 Å². The van der Waals surface area contributed by atoms with Crippen molar-refractivity contribution in [2.45, 2.75) is 13.0 Å². The summed E-state index contributed by atoms with van der Waals surface area (Å²) in [5.41, 5.74) is 4.72. The van der Waals surface area contributed by atoms with E-state index in [2.05, 4.69) is 49.5 Å². The lowest BCUT2D eigenvalue weighted by Crippen LogP contribution is -2.37. The van der Waals surface area contributed by atoms with Gasteiger partial charge in [0.2, 0.25) is 0 Å². The summed E-state index contributed by atoms with van der Waals surface area (Å²) < 4.78 is 12.4. The summed E-state index contributed by atoms with van der Waals surface area (Å²) in [6.07, 6.45) is 5.12. The molecule has 0 unspecified atom stereocenters. The fourth-order valence-corrected chi connectivity index (χ4v) is 4.50. The molecule has 11 nitrogen and oxygen atoms in total. The van der Waals surface area contributed by atoms with Crippen LogP contribution in [0.25, 0.3) is 22.3 Å². The van der Waals surface area contributed by atoms with Crippen LogP contribution in [0.4, 0.5) is 17.3 Å².